The molecule has 0 aliphatic heterocycles. The summed E-state index contributed by atoms with van der Waals surface area (Å²) in [5.41, 5.74) is 4.28. The molecule has 0 radical (unpaired) electrons. The monoisotopic (exact) mass is 276 g/mol. The Morgan fingerprint density at radius 2 is 2.05 bits per heavy atom. The van der Waals surface area contributed by atoms with E-state index in [0.29, 0.717) is 5.15 Å². The fraction of sp³-hybridized carbons (Fsp3) is 0.500. The van der Waals surface area contributed by atoms with Gasteiger partial charge in [-0.15, -0.1) is 0 Å². The molecular formula is C14H17ClN4. The van der Waals surface area contributed by atoms with E-state index in [1.165, 1.54) is 12.8 Å². The van der Waals surface area contributed by atoms with Crippen LogP contribution in [0.2, 0.25) is 5.15 Å². The van der Waals surface area contributed by atoms with Gasteiger partial charge in [0.25, 0.3) is 0 Å². The van der Waals surface area contributed by atoms with E-state index in [4.69, 9.17) is 16.6 Å². The zero-order valence-corrected chi connectivity index (χ0v) is 12.0. The average molecular weight is 277 g/mol. The number of hydrogen-bond acceptors (Lipinski definition) is 3. The van der Waals surface area contributed by atoms with Gasteiger partial charge in [-0.2, -0.15) is 5.10 Å². The number of aromatic nitrogens is 4. The highest BCUT2D eigenvalue weighted by Gasteiger charge is 2.19. The molecular weight excluding hydrogens is 260 g/mol. The third-order valence-corrected chi connectivity index (χ3v) is 3.93. The molecule has 3 rings (SSSR count). The Labute approximate surface area is 117 Å². The Hall–Kier alpha value is -1.42. The molecule has 2 heterocycles. The van der Waals surface area contributed by atoms with E-state index in [0.717, 1.165) is 47.6 Å². The molecule has 0 fully saturated rings. The predicted octanol–water partition coefficient (Wildman–Crippen LogP) is 2.97. The molecule has 0 bridgehead atoms. The summed E-state index contributed by atoms with van der Waals surface area (Å²) in [4.78, 5) is 9.20. The van der Waals surface area contributed by atoms with E-state index >= 15 is 0 Å². The molecule has 2 aromatic rings. The van der Waals surface area contributed by atoms with Crippen molar-refractivity contribution in [3.63, 3.8) is 0 Å². The molecule has 19 heavy (non-hydrogen) atoms. The normalized spacial score (nSPS) is 14.5. The molecule has 1 aliphatic carbocycles. The quantitative estimate of drug-likeness (QED) is 0.792. The molecule has 4 nitrogen and oxygen atoms in total. The van der Waals surface area contributed by atoms with Crippen molar-refractivity contribution in [1.29, 1.82) is 0 Å². The number of aryl methyl sites for hydroxylation is 3. The third kappa shape index (κ3) is 2.25. The van der Waals surface area contributed by atoms with Gasteiger partial charge in [0.1, 0.15) is 5.15 Å². The van der Waals surface area contributed by atoms with Crippen LogP contribution in [0, 0.1) is 0 Å². The fourth-order valence-corrected chi connectivity index (χ4v) is 2.93. The maximum Gasteiger partial charge on any atom is 0.164 e. The summed E-state index contributed by atoms with van der Waals surface area (Å²) >= 11 is 6.32. The van der Waals surface area contributed by atoms with Crippen molar-refractivity contribution in [2.24, 2.45) is 7.05 Å². The van der Waals surface area contributed by atoms with Crippen molar-refractivity contribution in [2.75, 3.05) is 0 Å². The van der Waals surface area contributed by atoms with Crippen LogP contribution in [0.3, 0.4) is 0 Å². The SMILES string of the molecule is CCc1nn(C)cc1-c1nc(Cl)c2c(n1)CCCC2. The second-order valence-corrected chi connectivity index (χ2v) is 5.35. The smallest absolute Gasteiger partial charge is 0.164 e. The first-order valence-electron chi connectivity index (χ1n) is 6.77. The minimum atomic E-state index is 0.616. The van der Waals surface area contributed by atoms with E-state index in [-0.39, 0.29) is 0 Å². The van der Waals surface area contributed by atoms with Crippen LogP contribution in [-0.2, 0) is 26.3 Å². The lowest BCUT2D eigenvalue weighted by Crippen LogP contribution is -2.09. The first-order valence-corrected chi connectivity index (χ1v) is 7.15. The van der Waals surface area contributed by atoms with E-state index in [1.54, 1.807) is 0 Å². The lowest BCUT2D eigenvalue weighted by Gasteiger charge is -2.16. The Morgan fingerprint density at radius 1 is 1.26 bits per heavy atom. The Kier molecular flexibility index (Phi) is 3.27. The summed E-state index contributed by atoms with van der Waals surface area (Å²) in [5, 5.41) is 5.06. The number of nitrogens with zero attached hydrogens (tertiary/aromatic N) is 4. The molecule has 5 heteroatoms. The Morgan fingerprint density at radius 3 is 2.84 bits per heavy atom. The third-order valence-electron chi connectivity index (χ3n) is 3.61. The van der Waals surface area contributed by atoms with Crippen LogP contribution in [0.4, 0.5) is 0 Å². The minimum Gasteiger partial charge on any atom is -0.275 e. The van der Waals surface area contributed by atoms with Gasteiger partial charge in [0.15, 0.2) is 5.82 Å². The first-order chi connectivity index (χ1) is 9.19. The Bertz CT molecular complexity index is 618. The highest BCUT2D eigenvalue weighted by molar-refractivity contribution is 6.30. The second kappa shape index (κ2) is 4.93. The topological polar surface area (TPSA) is 43.6 Å². The van der Waals surface area contributed by atoms with Crippen LogP contribution in [0.1, 0.15) is 36.7 Å². The average Bonchev–Trinajstić information content (AvgIpc) is 2.80. The summed E-state index contributed by atoms with van der Waals surface area (Å²) in [6, 6.07) is 0. The molecule has 2 aromatic heterocycles. The number of rotatable bonds is 2. The van der Waals surface area contributed by atoms with E-state index in [2.05, 4.69) is 17.0 Å². The second-order valence-electron chi connectivity index (χ2n) is 4.99. The minimum absolute atomic E-state index is 0.616. The fourth-order valence-electron chi connectivity index (χ4n) is 2.65. The zero-order chi connectivity index (χ0) is 13.4. The highest BCUT2D eigenvalue weighted by Crippen LogP contribution is 2.29. The molecule has 0 amide bonds. The molecule has 0 unspecified atom stereocenters. The molecule has 0 saturated carbocycles. The first kappa shape index (κ1) is 12.6. The van der Waals surface area contributed by atoms with Gasteiger partial charge in [0.2, 0.25) is 0 Å². The summed E-state index contributed by atoms with van der Waals surface area (Å²) < 4.78 is 1.81. The van der Waals surface area contributed by atoms with Crippen LogP contribution in [0.25, 0.3) is 11.4 Å². The van der Waals surface area contributed by atoms with Crippen LogP contribution in [0.15, 0.2) is 6.20 Å². The standard InChI is InChI=1S/C14H17ClN4/c1-3-11-10(8-19(2)18-11)14-16-12-7-5-4-6-9(12)13(15)17-14/h8H,3-7H2,1-2H3. The summed E-state index contributed by atoms with van der Waals surface area (Å²) in [5.74, 6) is 0.718. The summed E-state index contributed by atoms with van der Waals surface area (Å²) in [6.07, 6.45) is 7.22. The van der Waals surface area contributed by atoms with Crippen LogP contribution >= 0.6 is 11.6 Å². The predicted molar refractivity (Wildman–Crippen MR) is 75.3 cm³/mol. The van der Waals surface area contributed by atoms with Gasteiger partial charge in [-0.25, -0.2) is 9.97 Å². The van der Waals surface area contributed by atoms with Crippen molar-refractivity contribution in [3.8, 4) is 11.4 Å². The summed E-state index contributed by atoms with van der Waals surface area (Å²) in [7, 11) is 1.92. The number of halogens is 1. The van der Waals surface area contributed by atoms with Crippen molar-refractivity contribution in [3.05, 3.63) is 28.3 Å². The number of hydrogen-bond donors (Lipinski definition) is 0. The maximum absolute atomic E-state index is 6.32. The van der Waals surface area contributed by atoms with Gasteiger partial charge >= 0.3 is 0 Å². The van der Waals surface area contributed by atoms with Crippen molar-refractivity contribution in [2.45, 2.75) is 39.0 Å². The number of fused-ring (bicyclic) bond motifs is 1. The van der Waals surface area contributed by atoms with Gasteiger partial charge in [0.05, 0.1) is 11.3 Å². The molecule has 100 valence electrons. The molecule has 1 aliphatic rings. The van der Waals surface area contributed by atoms with Crippen molar-refractivity contribution in [1.82, 2.24) is 19.7 Å². The van der Waals surface area contributed by atoms with E-state index in [9.17, 15) is 0 Å². The molecule has 0 saturated heterocycles. The van der Waals surface area contributed by atoms with Gasteiger partial charge in [-0.3, -0.25) is 4.68 Å². The van der Waals surface area contributed by atoms with Crippen LogP contribution in [-0.4, -0.2) is 19.7 Å². The molecule has 0 aromatic carbocycles. The van der Waals surface area contributed by atoms with Crippen molar-refractivity contribution >= 4 is 11.6 Å². The molecule has 0 N–H and O–H groups in total. The van der Waals surface area contributed by atoms with Crippen molar-refractivity contribution < 1.29 is 0 Å². The zero-order valence-electron chi connectivity index (χ0n) is 11.3. The van der Waals surface area contributed by atoms with Gasteiger partial charge in [0, 0.05) is 24.5 Å². The molecule has 0 spiro atoms. The van der Waals surface area contributed by atoms with Gasteiger partial charge in [-0.1, -0.05) is 18.5 Å². The summed E-state index contributed by atoms with van der Waals surface area (Å²) in [6.45, 7) is 2.09. The Balaban J connectivity index is 2.12. The largest absolute Gasteiger partial charge is 0.275 e. The van der Waals surface area contributed by atoms with Crippen LogP contribution < -0.4 is 0 Å². The van der Waals surface area contributed by atoms with E-state index < -0.39 is 0 Å². The molecule has 0 atom stereocenters. The lowest BCUT2D eigenvalue weighted by molar-refractivity contribution is 0.663. The lowest BCUT2D eigenvalue weighted by atomic mass is 9.97. The van der Waals surface area contributed by atoms with Gasteiger partial charge < -0.3 is 0 Å². The highest BCUT2D eigenvalue weighted by atomic mass is 35.5. The van der Waals surface area contributed by atoms with Crippen LogP contribution in [0.5, 0.6) is 0 Å². The maximum atomic E-state index is 6.32. The van der Waals surface area contributed by atoms with Gasteiger partial charge in [-0.05, 0) is 32.1 Å². The van der Waals surface area contributed by atoms with E-state index in [1.807, 2.05) is 17.9 Å².